The second-order valence-corrected chi connectivity index (χ2v) is 6.96. The van der Waals surface area contributed by atoms with Gasteiger partial charge in [-0.1, -0.05) is 60.7 Å². The number of likely N-dealkylation sites (tertiary alicyclic amines) is 1. The van der Waals surface area contributed by atoms with E-state index in [2.05, 4.69) is 6.07 Å². The van der Waals surface area contributed by atoms with E-state index in [1.165, 1.54) is 11.9 Å². The van der Waals surface area contributed by atoms with Crippen LogP contribution < -0.4 is 0 Å². The number of nitrogens with zero attached hydrogens (tertiary/aromatic N) is 3. The largest absolute Gasteiger partial charge is 0.465 e. The van der Waals surface area contributed by atoms with E-state index in [0.717, 1.165) is 0 Å². The van der Waals surface area contributed by atoms with Crippen LogP contribution in [0, 0.1) is 34.0 Å². The highest BCUT2D eigenvalue weighted by atomic mass is 16.5. The molecule has 4 unspecified atom stereocenters. The predicted octanol–water partition coefficient (Wildman–Crippen LogP) is 3.20. The number of piperidine rings is 1. The van der Waals surface area contributed by atoms with E-state index in [1.54, 1.807) is 61.5 Å². The lowest BCUT2D eigenvalue weighted by atomic mass is 9.58. The summed E-state index contributed by atoms with van der Waals surface area (Å²) in [6.07, 6.45) is 0. The van der Waals surface area contributed by atoms with Crippen LogP contribution in [-0.4, -0.2) is 30.4 Å². The molecule has 0 N–H and O–H groups in total. The summed E-state index contributed by atoms with van der Waals surface area (Å²) in [5.74, 6) is -3.31. The van der Waals surface area contributed by atoms with Crippen molar-refractivity contribution in [2.24, 2.45) is 11.3 Å². The zero-order chi connectivity index (χ0) is 21.0. The number of nitriles is 2. The second kappa shape index (κ2) is 8.16. The minimum Gasteiger partial charge on any atom is -0.465 e. The molecular weight excluding hydrogens is 366 g/mol. The molecule has 6 heteroatoms. The van der Waals surface area contributed by atoms with Gasteiger partial charge in [-0.3, -0.25) is 9.59 Å². The van der Waals surface area contributed by atoms with Gasteiger partial charge in [0.2, 0.25) is 5.91 Å². The molecule has 0 radical (unpaired) electrons. The summed E-state index contributed by atoms with van der Waals surface area (Å²) >= 11 is 0. The van der Waals surface area contributed by atoms with Crippen LogP contribution >= 0.6 is 0 Å². The number of ether oxygens (including phenoxy) is 1. The minimum atomic E-state index is -1.78. The van der Waals surface area contributed by atoms with Crippen molar-refractivity contribution in [3.63, 3.8) is 0 Å². The molecule has 1 amide bonds. The van der Waals surface area contributed by atoms with Crippen molar-refractivity contribution in [2.45, 2.75) is 18.9 Å². The van der Waals surface area contributed by atoms with E-state index in [1.807, 2.05) is 12.1 Å². The van der Waals surface area contributed by atoms with Crippen LogP contribution in [0.1, 0.15) is 30.0 Å². The molecule has 0 aromatic heterocycles. The molecule has 6 nitrogen and oxygen atoms in total. The first-order chi connectivity index (χ1) is 14.0. The fourth-order valence-corrected chi connectivity index (χ4v) is 4.26. The predicted molar refractivity (Wildman–Crippen MR) is 105 cm³/mol. The van der Waals surface area contributed by atoms with Crippen molar-refractivity contribution in [3.8, 4) is 12.1 Å². The molecule has 0 spiro atoms. The number of amides is 1. The van der Waals surface area contributed by atoms with Gasteiger partial charge in [0.1, 0.15) is 5.92 Å². The second-order valence-electron chi connectivity index (χ2n) is 6.96. The van der Waals surface area contributed by atoms with Crippen LogP contribution in [0.5, 0.6) is 0 Å². The molecular formula is C23H21N3O3. The average molecular weight is 387 g/mol. The molecule has 146 valence electrons. The molecule has 4 atom stereocenters. The van der Waals surface area contributed by atoms with Crippen molar-refractivity contribution in [1.29, 1.82) is 10.5 Å². The Labute approximate surface area is 169 Å². The third kappa shape index (κ3) is 3.13. The zero-order valence-electron chi connectivity index (χ0n) is 16.3. The topological polar surface area (TPSA) is 94.2 Å². The highest BCUT2D eigenvalue weighted by molar-refractivity contribution is 5.91. The maximum atomic E-state index is 13.3. The van der Waals surface area contributed by atoms with E-state index in [4.69, 9.17) is 4.74 Å². The minimum absolute atomic E-state index is 0.0835. The SMILES string of the molecule is CCOC(=O)C1(C#N)C(c2ccccc2)C(C#N)C(=O)N(C)C1c1ccccc1. The molecule has 0 aliphatic carbocycles. The molecule has 1 heterocycles. The van der Waals surface area contributed by atoms with Crippen LogP contribution in [0.3, 0.4) is 0 Å². The average Bonchev–Trinajstić information content (AvgIpc) is 2.76. The van der Waals surface area contributed by atoms with Crippen molar-refractivity contribution >= 4 is 11.9 Å². The molecule has 0 saturated carbocycles. The molecule has 1 saturated heterocycles. The van der Waals surface area contributed by atoms with Gasteiger partial charge in [0.25, 0.3) is 0 Å². The van der Waals surface area contributed by atoms with Crippen LogP contribution in [0.2, 0.25) is 0 Å². The first-order valence-corrected chi connectivity index (χ1v) is 9.37. The third-order valence-corrected chi connectivity index (χ3v) is 5.47. The van der Waals surface area contributed by atoms with E-state index < -0.39 is 35.2 Å². The molecule has 1 fully saturated rings. The third-order valence-electron chi connectivity index (χ3n) is 5.47. The molecule has 29 heavy (non-hydrogen) atoms. The summed E-state index contributed by atoms with van der Waals surface area (Å²) in [5.41, 5.74) is -0.562. The van der Waals surface area contributed by atoms with Gasteiger partial charge in [-0.25, -0.2) is 0 Å². The first kappa shape index (κ1) is 20.1. The van der Waals surface area contributed by atoms with Gasteiger partial charge in [-0.05, 0) is 18.1 Å². The lowest BCUT2D eigenvalue weighted by molar-refractivity contribution is -0.166. The van der Waals surface area contributed by atoms with E-state index in [9.17, 15) is 20.1 Å². The number of hydrogen-bond donors (Lipinski definition) is 0. The Kier molecular flexibility index (Phi) is 5.66. The maximum Gasteiger partial charge on any atom is 0.329 e. The standard InChI is InChI=1S/C23H21N3O3/c1-3-29-22(28)23(15-25)19(16-10-6-4-7-11-16)18(14-24)21(27)26(2)20(23)17-12-8-5-9-13-17/h4-13,18-20H,3H2,1-2H3. The fourth-order valence-electron chi connectivity index (χ4n) is 4.26. The van der Waals surface area contributed by atoms with Crippen molar-refractivity contribution in [3.05, 3.63) is 71.8 Å². The normalized spacial score (nSPS) is 26.3. The van der Waals surface area contributed by atoms with E-state index >= 15 is 0 Å². The quantitative estimate of drug-likeness (QED) is 0.751. The number of carbonyl (C=O) groups is 2. The van der Waals surface area contributed by atoms with Crippen molar-refractivity contribution in [1.82, 2.24) is 4.90 Å². The lowest BCUT2D eigenvalue weighted by Gasteiger charge is -2.49. The first-order valence-electron chi connectivity index (χ1n) is 9.37. The van der Waals surface area contributed by atoms with Gasteiger partial charge in [0, 0.05) is 13.0 Å². The number of carbonyl (C=O) groups excluding carboxylic acids is 2. The van der Waals surface area contributed by atoms with Crippen molar-refractivity contribution in [2.75, 3.05) is 13.7 Å². The molecule has 1 aliphatic heterocycles. The zero-order valence-corrected chi connectivity index (χ0v) is 16.3. The fraction of sp³-hybridized carbons (Fsp3) is 0.304. The van der Waals surface area contributed by atoms with Gasteiger partial charge in [-0.15, -0.1) is 0 Å². The Balaban J connectivity index is 2.36. The van der Waals surface area contributed by atoms with Crippen LogP contribution in [0.4, 0.5) is 0 Å². The summed E-state index contributed by atoms with van der Waals surface area (Å²) in [7, 11) is 1.52. The Bertz CT molecular complexity index is 978. The number of rotatable bonds is 4. The molecule has 1 aliphatic rings. The van der Waals surface area contributed by atoms with E-state index in [-0.39, 0.29) is 6.61 Å². The number of esters is 1. The Morgan fingerprint density at radius 3 is 2.10 bits per heavy atom. The maximum absolute atomic E-state index is 13.3. The summed E-state index contributed by atoms with van der Waals surface area (Å²) in [4.78, 5) is 27.8. The molecule has 2 aromatic carbocycles. The van der Waals surface area contributed by atoms with Crippen LogP contribution in [-0.2, 0) is 14.3 Å². The number of benzene rings is 2. The summed E-state index contributed by atoms with van der Waals surface area (Å²) < 4.78 is 5.35. The molecule has 0 bridgehead atoms. The molecule has 3 rings (SSSR count). The summed E-state index contributed by atoms with van der Waals surface area (Å²) in [5, 5.41) is 20.3. The van der Waals surface area contributed by atoms with Gasteiger partial charge in [-0.2, -0.15) is 10.5 Å². The number of hydrogen-bond acceptors (Lipinski definition) is 5. The smallest absolute Gasteiger partial charge is 0.329 e. The van der Waals surface area contributed by atoms with E-state index in [0.29, 0.717) is 11.1 Å². The van der Waals surface area contributed by atoms with Gasteiger partial charge in [0.05, 0.1) is 24.8 Å². The lowest BCUT2D eigenvalue weighted by Crippen LogP contribution is -2.58. The van der Waals surface area contributed by atoms with Gasteiger partial charge >= 0.3 is 5.97 Å². The van der Waals surface area contributed by atoms with Gasteiger partial charge in [0.15, 0.2) is 5.41 Å². The van der Waals surface area contributed by atoms with Gasteiger partial charge < -0.3 is 9.64 Å². The summed E-state index contributed by atoms with van der Waals surface area (Å²) in [6.45, 7) is 1.75. The molecule has 2 aromatic rings. The highest BCUT2D eigenvalue weighted by Crippen LogP contribution is 2.56. The van der Waals surface area contributed by atoms with Crippen molar-refractivity contribution < 1.29 is 14.3 Å². The Hall–Kier alpha value is -3.64. The van der Waals surface area contributed by atoms with Crippen LogP contribution in [0.25, 0.3) is 0 Å². The Morgan fingerprint density at radius 1 is 1.07 bits per heavy atom. The highest BCUT2D eigenvalue weighted by Gasteiger charge is 2.64. The van der Waals surface area contributed by atoms with Crippen LogP contribution in [0.15, 0.2) is 60.7 Å². The monoisotopic (exact) mass is 387 g/mol. The Morgan fingerprint density at radius 2 is 1.62 bits per heavy atom. The summed E-state index contributed by atoms with van der Waals surface area (Å²) in [6, 6.07) is 21.1.